The van der Waals surface area contributed by atoms with E-state index in [4.69, 9.17) is 4.74 Å². The SMILES string of the molecule is CN=C(NCCCNc1ccccc1)NCc1cccc(OC)c1.I. The van der Waals surface area contributed by atoms with Gasteiger partial charge in [0.1, 0.15) is 5.75 Å². The van der Waals surface area contributed by atoms with E-state index in [1.54, 1.807) is 14.2 Å². The van der Waals surface area contributed by atoms with Crippen LogP contribution in [0.2, 0.25) is 0 Å². The van der Waals surface area contributed by atoms with Gasteiger partial charge in [-0.25, -0.2) is 0 Å². The molecule has 0 radical (unpaired) electrons. The molecule has 5 nitrogen and oxygen atoms in total. The van der Waals surface area contributed by atoms with Crippen LogP contribution >= 0.6 is 24.0 Å². The quantitative estimate of drug-likeness (QED) is 0.248. The topological polar surface area (TPSA) is 57.7 Å². The number of para-hydroxylation sites is 1. The van der Waals surface area contributed by atoms with Crippen LogP contribution in [0.15, 0.2) is 59.6 Å². The van der Waals surface area contributed by atoms with E-state index in [9.17, 15) is 0 Å². The van der Waals surface area contributed by atoms with E-state index in [0.29, 0.717) is 6.54 Å². The minimum absolute atomic E-state index is 0. The predicted molar refractivity (Wildman–Crippen MR) is 116 cm³/mol. The van der Waals surface area contributed by atoms with Gasteiger partial charge in [-0.15, -0.1) is 24.0 Å². The Balaban J connectivity index is 0.00000312. The standard InChI is InChI=1S/C19H26N4O.HI/c1-20-19(23-15-16-8-6-11-18(14-16)24-2)22-13-7-12-21-17-9-4-3-5-10-17;/h3-6,8-11,14,21H,7,12-13,15H2,1-2H3,(H2,20,22,23);1H. The van der Waals surface area contributed by atoms with Crippen molar-refractivity contribution in [2.45, 2.75) is 13.0 Å². The molecule has 0 fully saturated rings. The summed E-state index contributed by atoms with van der Waals surface area (Å²) in [5.41, 5.74) is 2.31. The molecule has 2 aromatic rings. The lowest BCUT2D eigenvalue weighted by Gasteiger charge is -2.13. The number of hydrogen-bond acceptors (Lipinski definition) is 3. The van der Waals surface area contributed by atoms with Crippen LogP contribution in [0, 0.1) is 0 Å². The summed E-state index contributed by atoms with van der Waals surface area (Å²) in [5.74, 6) is 1.67. The molecule has 25 heavy (non-hydrogen) atoms. The summed E-state index contributed by atoms with van der Waals surface area (Å²) in [6.07, 6.45) is 1.01. The van der Waals surface area contributed by atoms with E-state index in [-0.39, 0.29) is 24.0 Å². The Morgan fingerprint density at radius 1 is 1.00 bits per heavy atom. The molecule has 0 saturated heterocycles. The molecule has 0 spiro atoms. The van der Waals surface area contributed by atoms with Gasteiger partial charge in [0.2, 0.25) is 0 Å². The third kappa shape index (κ3) is 8.11. The molecule has 0 unspecified atom stereocenters. The fourth-order valence-corrected chi connectivity index (χ4v) is 2.27. The zero-order chi connectivity index (χ0) is 17.0. The highest BCUT2D eigenvalue weighted by molar-refractivity contribution is 14.0. The third-order valence-corrected chi connectivity index (χ3v) is 3.57. The number of aliphatic imine (C=N–C) groups is 1. The molecule has 0 aliphatic carbocycles. The van der Waals surface area contributed by atoms with E-state index in [0.717, 1.165) is 42.5 Å². The summed E-state index contributed by atoms with van der Waals surface area (Å²) in [4.78, 5) is 4.24. The fourth-order valence-electron chi connectivity index (χ4n) is 2.27. The molecular formula is C19H27IN4O. The van der Waals surface area contributed by atoms with Gasteiger partial charge in [0.05, 0.1) is 7.11 Å². The second-order valence-corrected chi connectivity index (χ2v) is 5.35. The number of nitrogens with zero attached hydrogens (tertiary/aromatic N) is 1. The average molecular weight is 454 g/mol. The number of hydrogen-bond donors (Lipinski definition) is 3. The Morgan fingerprint density at radius 3 is 2.52 bits per heavy atom. The van der Waals surface area contributed by atoms with Crippen molar-refractivity contribution in [3.8, 4) is 5.75 Å². The van der Waals surface area contributed by atoms with Crippen molar-refractivity contribution in [1.82, 2.24) is 10.6 Å². The second kappa shape index (κ2) is 12.4. The number of halogens is 1. The molecule has 0 saturated carbocycles. The molecule has 2 rings (SSSR count). The molecule has 3 N–H and O–H groups in total. The van der Waals surface area contributed by atoms with Crippen LogP contribution in [0.3, 0.4) is 0 Å². The summed E-state index contributed by atoms with van der Waals surface area (Å²) in [6, 6.07) is 18.2. The first-order chi connectivity index (χ1) is 11.8. The fraction of sp³-hybridized carbons (Fsp3) is 0.316. The number of rotatable bonds is 8. The van der Waals surface area contributed by atoms with Crippen molar-refractivity contribution in [2.24, 2.45) is 4.99 Å². The van der Waals surface area contributed by atoms with E-state index < -0.39 is 0 Å². The van der Waals surface area contributed by atoms with Crippen molar-refractivity contribution in [1.29, 1.82) is 0 Å². The average Bonchev–Trinajstić information content (AvgIpc) is 2.65. The third-order valence-electron chi connectivity index (χ3n) is 3.57. The summed E-state index contributed by atoms with van der Waals surface area (Å²) in [5, 5.41) is 10.0. The minimum atomic E-state index is 0. The number of anilines is 1. The van der Waals surface area contributed by atoms with Crippen molar-refractivity contribution < 1.29 is 4.74 Å². The molecule has 0 amide bonds. The van der Waals surface area contributed by atoms with E-state index in [1.807, 2.05) is 36.4 Å². The van der Waals surface area contributed by atoms with Crippen molar-refractivity contribution in [3.63, 3.8) is 0 Å². The highest BCUT2D eigenvalue weighted by atomic mass is 127. The Hall–Kier alpha value is -1.96. The van der Waals surface area contributed by atoms with Crippen LogP contribution in [0.25, 0.3) is 0 Å². The largest absolute Gasteiger partial charge is 0.497 e. The van der Waals surface area contributed by atoms with Crippen LogP contribution in [0.5, 0.6) is 5.75 Å². The molecule has 0 atom stereocenters. The normalized spacial score (nSPS) is 10.6. The van der Waals surface area contributed by atoms with Gasteiger partial charge in [-0.2, -0.15) is 0 Å². The number of guanidine groups is 1. The Labute approximate surface area is 167 Å². The lowest BCUT2D eigenvalue weighted by molar-refractivity contribution is 0.414. The van der Waals surface area contributed by atoms with Gasteiger partial charge in [-0.05, 0) is 36.2 Å². The monoisotopic (exact) mass is 454 g/mol. The molecule has 0 aromatic heterocycles. The van der Waals surface area contributed by atoms with Crippen LogP contribution < -0.4 is 20.7 Å². The Bertz CT molecular complexity index is 634. The lowest BCUT2D eigenvalue weighted by atomic mass is 10.2. The molecule has 0 aliphatic heterocycles. The molecule has 6 heteroatoms. The predicted octanol–water partition coefficient (Wildman–Crippen LogP) is 3.48. The van der Waals surface area contributed by atoms with Crippen molar-refractivity contribution >= 4 is 35.6 Å². The van der Waals surface area contributed by atoms with E-state index in [2.05, 4.69) is 39.1 Å². The summed E-state index contributed by atoms with van der Waals surface area (Å²) < 4.78 is 5.24. The molecular weight excluding hydrogens is 427 g/mol. The highest BCUT2D eigenvalue weighted by Gasteiger charge is 1.99. The summed E-state index contributed by atoms with van der Waals surface area (Å²) in [6.45, 7) is 2.49. The van der Waals surface area contributed by atoms with E-state index >= 15 is 0 Å². The Kier molecular flexibility index (Phi) is 10.5. The smallest absolute Gasteiger partial charge is 0.191 e. The van der Waals surface area contributed by atoms with Crippen LogP contribution in [0.1, 0.15) is 12.0 Å². The van der Waals surface area contributed by atoms with Gasteiger partial charge in [0, 0.05) is 32.4 Å². The maximum absolute atomic E-state index is 5.24. The highest BCUT2D eigenvalue weighted by Crippen LogP contribution is 2.12. The molecule has 2 aromatic carbocycles. The van der Waals surface area contributed by atoms with Gasteiger partial charge < -0.3 is 20.7 Å². The summed E-state index contributed by atoms with van der Waals surface area (Å²) in [7, 11) is 3.46. The summed E-state index contributed by atoms with van der Waals surface area (Å²) >= 11 is 0. The maximum atomic E-state index is 5.24. The van der Waals surface area contributed by atoms with Crippen molar-refractivity contribution in [3.05, 3.63) is 60.2 Å². The van der Waals surface area contributed by atoms with Crippen LogP contribution in [-0.2, 0) is 6.54 Å². The zero-order valence-corrected chi connectivity index (χ0v) is 17.1. The number of benzene rings is 2. The molecule has 0 heterocycles. The first kappa shape index (κ1) is 21.1. The molecule has 0 aliphatic rings. The first-order valence-corrected chi connectivity index (χ1v) is 8.18. The molecule has 0 bridgehead atoms. The van der Waals surface area contributed by atoms with Gasteiger partial charge in [-0.3, -0.25) is 4.99 Å². The van der Waals surface area contributed by atoms with Gasteiger partial charge in [0.25, 0.3) is 0 Å². The first-order valence-electron chi connectivity index (χ1n) is 8.18. The van der Waals surface area contributed by atoms with Gasteiger partial charge in [0.15, 0.2) is 5.96 Å². The number of nitrogens with one attached hydrogen (secondary N) is 3. The minimum Gasteiger partial charge on any atom is -0.497 e. The number of ether oxygens (including phenoxy) is 1. The Morgan fingerprint density at radius 2 is 1.80 bits per heavy atom. The van der Waals surface area contributed by atoms with Gasteiger partial charge >= 0.3 is 0 Å². The van der Waals surface area contributed by atoms with Crippen molar-refractivity contribution in [2.75, 3.05) is 32.6 Å². The van der Waals surface area contributed by atoms with Crippen LogP contribution in [-0.4, -0.2) is 33.2 Å². The second-order valence-electron chi connectivity index (χ2n) is 5.35. The van der Waals surface area contributed by atoms with Crippen LogP contribution in [0.4, 0.5) is 5.69 Å². The number of methoxy groups -OCH3 is 1. The van der Waals surface area contributed by atoms with E-state index in [1.165, 1.54) is 0 Å². The van der Waals surface area contributed by atoms with Gasteiger partial charge in [-0.1, -0.05) is 30.3 Å². The lowest BCUT2D eigenvalue weighted by Crippen LogP contribution is -2.37. The maximum Gasteiger partial charge on any atom is 0.191 e. The molecule has 136 valence electrons. The zero-order valence-electron chi connectivity index (χ0n) is 14.8.